The molecule has 2 aliphatic heterocycles. The minimum atomic E-state index is -0.584. The van der Waals surface area contributed by atoms with Gasteiger partial charge in [-0.05, 0) is 18.6 Å². The lowest BCUT2D eigenvalue weighted by Crippen LogP contribution is -2.17. The zero-order valence-electron chi connectivity index (χ0n) is 16.2. The fraction of sp³-hybridized carbons (Fsp3) is 0.286. The third-order valence-corrected chi connectivity index (χ3v) is 6.09. The van der Waals surface area contributed by atoms with E-state index >= 15 is 0 Å². The van der Waals surface area contributed by atoms with Gasteiger partial charge in [-0.2, -0.15) is 4.98 Å². The van der Waals surface area contributed by atoms with Crippen molar-refractivity contribution in [1.82, 2.24) is 15.2 Å². The molecule has 0 saturated heterocycles. The molecule has 1 unspecified atom stereocenters. The molecule has 0 saturated carbocycles. The molecular formula is C21H19ClN4O3S. The van der Waals surface area contributed by atoms with E-state index in [0.29, 0.717) is 33.3 Å². The Balaban J connectivity index is 1.56. The molecule has 5 rings (SSSR count). The summed E-state index contributed by atoms with van der Waals surface area (Å²) in [6.45, 7) is 2.33. The highest BCUT2D eigenvalue weighted by Crippen LogP contribution is 2.44. The van der Waals surface area contributed by atoms with Gasteiger partial charge in [-0.15, -0.1) is 10.2 Å². The molecule has 0 radical (unpaired) electrons. The van der Waals surface area contributed by atoms with Crippen LogP contribution < -0.4 is 19.5 Å². The molecule has 30 heavy (non-hydrogen) atoms. The van der Waals surface area contributed by atoms with E-state index < -0.39 is 6.23 Å². The lowest BCUT2D eigenvalue weighted by atomic mass is 10.1. The van der Waals surface area contributed by atoms with Crippen LogP contribution in [0.15, 0.2) is 41.6 Å². The maximum Gasteiger partial charge on any atom is 0.247 e. The number of hydrogen-bond acceptors (Lipinski definition) is 8. The first-order chi connectivity index (χ1) is 14.7. The molecule has 7 nitrogen and oxygen atoms in total. The second kappa shape index (κ2) is 8.20. The van der Waals surface area contributed by atoms with Crippen LogP contribution in [-0.4, -0.2) is 27.7 Å². The van der Waals surface area contributed by atoms with Crippen LogP contribution in [0.3, 0.4) is 0 Å². The first-order valence-electron chi connectivity index (χ1n) is 9.72. The van der Waals surface area contributed by atoms with Crippen molar-refractivity contribution in [3.8, 4) is 28.6 Å². The quantitative estimate of drug-likeness (QED) is 0.420. The number of aromatic nitrogens is 3. The molecule has 0 spiro atoms. The summed E-state index contributed by atoms with van der Waals surface area (Å²) in [6.07, 6.45) is 1.62. The van der Waals surface area contributed by atoms with E-state index in [1.54, 1.807) is 17.8 Å². The molecule has 0 bridgehead atoms. The molecule has 2 aromatic carbocycles. The van der Waals surface area contributed by atoms with Gasteiger partial charge in [0.05, 0.1) is 5.02 Å². The average molecular weight is 443 g/mol. The van der Waals surface area contributed by atoms with Gasteiger partial charge in [0.1, 0.15) is 0 Å². The molecule has 3 heterocycles. The highest BCUT2D eigenvalue weighted by atomic mass is 35.5. The van der Waals surface area contributed by atoms with E-state index in [9.17, 15) is 0 Å². The van der Waals surface area contributed by atoms with Gasteiger partial charge in [0.15, 0.2) is 23.4 Å². The zero-order valence-corrected chi connectivity index (χ0v) is 17.8. The molecule has 3 aromatic rings. The van der Waals surface area contributed by atoms with Crippen LogP contribution >= 0.6 is 23.4 Å². The predicted molar refractivity (Wildman–Crippen MR) is 115 cm³/mol. The smallest absolute Gasteiger partial charge is 0.247 e. The standard InChI is InChI=1S/C21H19ClN4O3S/c1-2-3-8-30-21-24-20-18(25-26-21)12-6-4-5-7-15(12)23-19(29-20)13-9-16-17(10-14(13)22)28-11-27-16/h4-7,9-10,19,23H,2-3,8,11H2,1H3. The van der Waals surface area contributed by atoms with Crippen molar-refractivity contribution in [2.45, 2.75) is 31.1 Å². The fourth-order valence-corrected chi connectivity index (χ4v) is 4.41. The summed E-state index contributed by atoms with van der Waals surface area (Å²) in [4.78, 5) is 4.65. The minimum Gasteiger partial charge on any atom is -0.454 e. The van der Waals surface area contributed by atoms with Gasteiger partial charge in [-0.1, -0.05) is 54.9 Å². The van der Waals surface area contributed by atoms with Gasteiger partial charge in [0.25, 0.3) is 0 Å². The Hall–Kier alpha value is -2.71. The highest BCUT2D eigenvalue weighted by molar-refractivity contribution is 7.99. The monoisotopic (exact) mass is 442 g/mol. The maximum absolute atomic E-state index is 6.56. The van der Waals surface area contributed by atoms with Crippen LogP contribution in [0.25, 0.3) is 11.3 Å². The first-order valence-corrected chi connectivity index (χ1v) is 11.1. The second-order valence-corrected chi connectivity index (χ2v) is 8.33. The number of halogens is 1. The largest absolute Gasteiger partial charge is 0.454 e. The van der Waals surface area contributed by atoms with E-state index in [1.165, 1.54) is 0 Å². The number of nitrogens with zero attached hydrogens (tertiary/aromatic N) is 3. The third kappa shape index (κ3) is 3.61. The first kappa shape index (κ1) is 19.3. The van der Waals surface area contributed by atoms with Crippen molar-refractivity contribution < 1.29 is 14.2 Å². The Labute approximate surface area is 183 Å². The van der Waals surface area contributed by atoms with Crippen molar-refractivity contribution in [3.63, 3.8) is 0 Å². The Morgan fingerprint density at radius 1 is 1.17 bits per heavy atom. The molecule has 1 atom stereocenters. The van der Waals surface area contributed by atoms with Gasteiger partial charge < -0.3 is 19.5 Å². The number of rotatable bonds is 5. The number of nitrogens with one attached hydrogen (secondary N) is 1. The van der Waals surface area contributed by atoms with Crippen molar-refractivity contribution >= 4 is 29.1 Å². The summed E-state index contributed by atoms with van der Waals surface area (Å²) in [6, 6.07) is 11.4. The number of hydrogen-bond donors (Lipinski definition) is 1. The Kier molecular flexibility index (Phi) is 5.26. The molecule has 0 aliphatic carbocycles. The number of thioether (sulfide) groups is 1. The molecule has 9 heteroatoms. The van der Waals surface area contributed by atoms with Crippen LogP contribution in [0.1, 0.15) is 31.6 Å². The average Bonchev–Trinajstić information content (AvgIpc) is 3.14. The molecular weight excluding hydrogens is 424 g/mol. The molecule has 1 aromatic heterocycles. The topological polar surface area (TPSA) is 78.4 Å². The van der Waals surface area contributed by atoms with Crippen LogP contribution in [-0.2, 0) is 0 Å². The lowest BCUT2D eigenvalue weighted by molar-refractivity contribution is 0.173. The second-order valence-electron chi connectivity index (χ2n) is 6.86. The van der Waals surface area contributed by atoms with Gasteiger partial charge >= 0.3 is 0 Å². The van der Waals surface area contributed by atoms with Crippen LogP contribution in [0.4, 0.5) is 5.69 Å². The normalized spacial score (nSPS) is 16.1. The summed E-state index contributed by atoms with van der Waals surface area (Å²) in [5.74, 6) is 2.61. The highest BCUT2D eigenvalue weighted by Gasteiger charge is 2.29. The molecule has 2 aliphatic rings. The van der Waals surface area contributed by atoms with Gasteiger partial charge in [0, 0.05) is 28.6 Å². The summed E-state index contributed by atoms with van der Waals surface area (Å²) < 4.78 is 17.2. The molecule has 154 valence electrons. The molecule has 0 fully saturated rings. The predicted octanol–water partition coefficient (Wildman–Crippen LogP) is 5.32. The number of fused-ring (bicyclic) bond motifs is 4. The van der Waals surface area contributed by atoms with E-state index in [1.807, 2.05) is 30.3 Å². The van der Waals surface area contributed by atoms with Gasteiger partial charge in [-0.3, -0.25) is 0 Å². The lowest BCUT2D eigenvalue weighted by Gasteiger charge is -2.20. The van der Waals surface area contributed by atoms with Crippen molar-refractivity contribution in [3.05, 3.63) is 47.0 Å². The van der Waals surface area contributed by atoms with Crippen molar-refractivity contribution in [1.29, 1.82) is 0 Å². The summed E-state index contributed by atoms with van der Waals surface area (Å²) in [7, 11) is 0. The van der Waals surface area contributed by atoms with E-state index in [0.717, 1.165) is 35.4 Å². The maximum atomic E-state index is 6.56. The Morgan fingerprint density at radius 2 is 2.00 bits per heavy atom. The molecule has 0 amide bonds. The van der Waals surface area contributed by atoms with Crippen LogP contribution in [0, 0.1) is 0 Å². The fourth-order valence-electron chi connectivity index (χ4n) is 3.29. The van der Waals surface area contributed by atoms with E-state index in [4.69, 9.17) is 25.8 Å². The minimum absolute atomic E-state index is 0.176. The number of unbranched alkanes of at least 4 members (excludes halogenated alkanes) is 1. The van der Waals surface area contributed by atoms with E-state index in [2.05, 4.69) is 27.4 Å². The van der Waals surface area contributed by atoms with Crippen molar-refractivity contribution in [2.24, 2.45) is 0 Å². The SMILES string of the molecule is CCCCSc1nnc2c(n1)OC(c1cc3c(cc1Cl)OCO3)Nc1ccccc1-2. The molecule has 1 N–H and O–H groups in total. The van der Waals surface area contributed by atoms with Gasteiger partial charge in [-0.25, -0.2) is 0 Å². The number of para-hydroxylation sites is 1. The van der Waals surface area contributed by atoms with E-state index in [-0.39, 0.29) is 6.79 Å². The zero-order chi connectivity index (χ0) is 20.5. The Morgan fingerprint density at radius 3 is 2.87 bits per heavy atom. The number of benzene rings is 2. The van der Waals surface area contributed by atoms with Crippen LogP contribution in [0.2, 0.25) is 5.02 Å². The summed E-state index contributed by atoms with van der Waals surface area (Å²) >= 11 is 8.13. The number of ether oxygens (including phenoxy) is 3. The number of anilines is 1. The Bertz CT molecular complexity index is 1100. The van der Waals surface area contributed by atoms with Crippen LogP contribution in [0.5, 0.6) is 17.4 Å². The summed E-state index contributed by atoms with van der Waals surface area (Å²) in [5.41, 5.74) is 3.05. The third-order valence-electron chi connectivity index (χ3n) is 4.84. The summed E-state index contributed by atoms with van der Waals surface area (Å²) in [5, 5.41) is 13.2. The van der Waals surface area contributed by atoms with Gasteiger partial charge in [0.2, 0.25) is 17.8 Å². The van der Waals surface area contributed by atoms with Crippen molar-refractivity contribution in [2.75, 3.05) is 17.9 Å².